The molecule has 0 unspecified atom stereocenters. The number of hydrogen-bond donors (Lipinski definition) is 0. The highest BCUT2D eigenvalue weighted by molar-refractivity contribution is 6.23. The van der Waals surface area contributed by atoms with Gasteiger partial charge in [0.25, 0.3) is 0 Å². The molecule has 0 amide bonds. The first-order valence-corrected chi connectivity index (χ1v) is 7.50. The summed E-state index contributed by atoms with van der Waals surface area (Å²) in [6, 6.07) is 25.8. The van der Waals surface area contributed by atoms with Crippen LogP contribution in [0.25, 0.3) is 43.2 Å². The second kappa shape index (κ2) is 4.28. The molecule has 0 spiro atoms. The van der Waals surface area contributed by atoms with Crippen LogP contribution in [-0.2, 0) is 0 Å². The summed E-state index contributed by atoms with van der Waals surface area (Å²) in [7, 11) is 0. The summed E-state index contributed by atoms with van der Waals surface area (Å²) in [4.78, 5) is 4.58. The molecule has 0 atom stereocenters. The Hall–Kier alpha value is -2.93. The summed E-state index contributed by atoms with van der Waals surface area (Å²) in [5, 5.41) is 8.92. The van der Waals surface area contributed by atoms with E-state index in [9.17, 15) is 0 Å². The fraction of sp³-hybridized carbons (Fsp3) is 0. The predicted molar refractivity (Wildman–Crippen MR) is 94.3 cm³/mol. The van der Waals surface area contributed by atoms with Crippen molar-refractivity contribution in [1.29, 1.82) is 0 Å². The highest BCUT2D eigenvalue weighted by Gasteiger charge is 2.07. The average Bonchev–Trinajstić information content (AvgIpc) is 2.60. The number of para-hydroxylation sites is 1. The number of rotatable bonds is 0. The SMILES string of the molecule is c1ccc2c(c1)ccc1c2ccc2cnc3ccccc3c21. The molecule has 22 heavy (non-hydrogen) atoms. The van der Waals surface area contributed by atoms with Crippen LogP contribution in [0.2, 0.25) is 0 Å². The summed E-state index contributed by atoms with van der Waals surface area (Å²) in [5.74, 6) is 0. The predicted octanol–water partition coefficient (Wildman–Crippen LogP) is 5.69. The summed E-state index contributed by atoms with van der Waals surface area (Å²) in [6.45, 7) is 0. The van der Waals surface area contributed by atoms with E-state index in [1.54, 1.807) is 0 Å². The quantitative estimate of drug-likeness (QED) is 0.332. The van der Waals surface area contributed by atoms with E-state index in [1.165, 1.54) is 37.7 Å². The number of hydrogen-bond acceptors (Lipinski definition) is 1. The first-order chi connectivity index (χ1) is 10.9. The van der Waals surface area contributed by atoms with Crippen molar-refractivity contribution in [2.45, 2.75) is 0 Å². The fourth-order valence-electron chi connectivity index (χ4n) is 3.45. The molecule has 0 aliphatic heterocycles. The monoisotopic (exact) mass is 279 g/mol. The van der Waals surface area contributed by atoms with E-state index >= 15 is 0 Å². The van der Waals surface area contributed by atoms with Gasteiger partial charge in [0.05, 0.1) is 5.52 Å². The van der Waals surface area contributed by atoms with Gasteiger partial charge in [0.1, 0.15) is 0 Å². The Morgan fingerprint density at radius 2 is 1.23 bits per heavy atom. The molecule has 0 fully saturated rings. The Bertz CT molecular complexity index is 1170. The fourth-order valence-corrected chi connectivity index (χ4v) is 3.45. The van der Waals surface area contributed by atoms with Gasteiger partial charge < -0.3 is 0 Å². The third-order valence-electron chi connectivity index (χ3n) is 4.47. The highest BCUT2D eigenvalue weighted by atomic mass is 14.6. The Morgan fingerprint density at radius 1 is 0.500 bits per heavy atom. The van der Waals surface area contributed by atoms with Crippen molar-refractivity contribution in [2.24, 2.45) is 0 Å². The minimum atomic E-state index is 1.05. The number of nitrogens with zero attached hydrogens (tertiary/aromatic N) is 1. The second-order valence-electron chi connectivity index (χ2n) is 5.69. The van der Waals surface area contributed by atoms with Crippen molar-refractivity contribution in [1.82, 2.24) is 4.98 Å². The largest absolute Gasteiger partial charge is 0.256 e. The maximum absolute atomic E-state index is 4.58. The zero-order valence-corrected chi connectivity index (χ0v) is 12.0. The first-order valence-electron chi connectivity index (χ1n) is 7.50. The Labute approximate surface area is 127 Å². The Kier molecular flexibility index (Phi) is 2.28. The minimum absolute atomic E-state index is 1.05. The van der Waals surface area contributed by atoms with Crippen molar-refractivity contribution in [3.05, 3.63) is 79.0 Å². The lowest BCUT2D eigenvalue weighted by Gasteiger charge is -2.09. The Morgan fingerprint density at radius 3 is 2.18 bits per heavy atom. The van der Waals surface area contributed by atoms with Crippen LogP contribution in [0.3, 0.4) is 0 Å². The van der Waals surface area contributed by atoms with Crippen LogP contribution in [0.15, 0.2) is 79.0 Å². The van der Waals surface area contributed by atoms with Gasteiger partial charge in [0, 0.05) is 22.4 Å². The smallest absolute Gasteiger partial charge is 0.0708 e. The summed E-state index contributed by atoms with van der Waals surface area (Å²) in [6.07, 6.45) is 1.98. The van der Waals surface area contributed by atoms with Gasteiger partial charge in [0.2, 0.25) is 0 Å². The first kappa shape index (κ1) is 11.7. The lowest BCUT2D eigenvalue weighted by molar-refractivity contribution is 1.45. The van der Waals surface area contributed by atoms with Gasteiger partial charge in [-0.05, 0) is 27.6 Å². The molecular formula is C21H13N. The van der Waals surface area contributed by atoms with Crippen molar-refractivity contribution < 1.29 is 0 Å². The molecule has 1 heterocycles. The summed E-state index contributed by atoms with van der Waals surface area (Å²) >= 11 is 0. The van der Waals surface area contributed by atoms with Crippen molar-refractivity contribution in [2.75, 3.05) is 0 Å². The number of fused-ring (bicyclic) bond motifs is 7. The van der Waals surface area contributed by atoms with E-state index in [1.807, 2.05) is 12.3 Å². The van der Waals surface area contributed by atoms with Crippen LogP contribution in [0.1, 0.15) is 0 Å². The standard InChI is InChI=1S/C21H13N/c1-2-6-16-14(5-1)9-12-18-17(16)11-10-15-13-22-20-8-4-3-7-19(20)21(15)18/h1-13H. The maximum atomic E-state index is 4.58. The summed E-state index contributed by atoms with van der Waals surface area (Å²) < 4.78 is 0. The van der Waals surface area contributed by atoms with Crippen molar-refractivity contribution in [3.8, 4) is 0 Å². The lowest BCUT2D eigenvalue weighted by atomic mass is 9.96. The van der Waals surface area contributed by atoms with Crippen LogP contribution in [0.4, 0.5) is 0 Å². The van der Waals surface area contributed by atoms with Crippen molar-refractivity contribution >= 4 is 43.2 Å². The molecule has 0 aliphatic carbocycles. The third kappa shape index (κ3) is 1.51. The van der Waals surface area contributed by atoms with Gasteiger partial charge >= 0.3 is 0 Å². The van der Waals surface area contributed by atoms with E-state index in [0.717, 1.165) is 5.52 Å². The molecule has 0 N–H and O–H groups in total. The van der Waals surface area contributed by atoms with Crippen LogP contribution < -0.4 is 0 Å². The third-order valence-corrected chi connectivity index (χ3v) is 4.47. The molecule has 5 rings (SSSR count). The van der Waals surface area contributed by atoms with Gasteiger partial charge in [-0.3, -0.25) is 4.98 Å². The van der Waals surface area contributed by atoms with E-state index in [-0.39, 0.29) is 0 Å². The van der Waals surface area contributed by atoms with E-state index in [4.69, 9.17) is 0 Å². The molecule has 0 aliphatic rings. The van der Waals surface area contributed by atoms with Crippen LogP contribution in [-0.4, -0.2) is 4.98 Å². The number of benzene rings is 4. The van der Waals surface area contributed by atoms with Crippen molar-refractivity contribution in [3.63, 3.8) is 0 Å². The van der Waals surface area contributed by atoms with Crippen LogP contribution in [0.5, 0.6) is 0 Å². The molecular weight excluding hydrogens is 266 g/mol. The maximum Gasteiger partial charge on any atom is 0.0708 e. The molecule has 1 nitrogen and oxygen atoms in total. The van der Waals surface area contributed by atoms with E-state index < -0.39 is 0 Å². The number of pyridine rings is 1. The molecule has 1 heteroatoms. The topological polar surface area (TPSA) is 12.9 Å². The Balaban J connectivity index is 2.11. The summed E-state index contributed by atoms with van der Waals surface area (Å²) in [5.41, 5.74) is 1.05. The van der Waals surface area contributed by atoms with E-state index in [0.29, 0.717) is 0 Å². The van der Waals surface area contributed by atoms with Gasteiger partial charge in [-0.1, -0.05) is 66.7 Å². The lowest BCUT2D eigenvalue weighted by Crippen LogP contribution is -1.85. The van der Waals surface area contributed by atoms with Gasteiger partial charge in [-0.15, -0.1) is 0 Å². The second-order valence-corrected chi connectivity index (χ2v) is 5.69. The normalized spacial score (nSPS) is 11.6. The molecule has 0 saturated heterocycles. The average molecular weight is 279 g/mol. The van der Waals surface area contributed by atoms with Gasteiger partial charge in [0.15, 0.2) is 0 Å². The molecule has 0 saturated carbocycles. The highest BCUT2D eigenvalue weighted by Crippen LogP contribution is 2.34. The molecule has 0 bridgehead atoms. The molecule has 5 aromatic rings. The zero-order valence-electron chi connectivity index (χ0n) is 12.0. The minimum Gasteiger partial charge on any atom is -0.256 e. The number of aromatic nitrogens is 1. The van der Waals surface area contributed by atoms with Gasteiger partial charge in [-0.25, -0.2) is 0 Å². The van der Waals surface area contributed by atoms with Crippen LogP contribution >= 0.6 is 0 Å². The molecule has 0 radical (unpaired) electrons. The molecule has 4 aromatic carbocycles. The molecule has 1 aromatic heterocycles. The zero-order chi connectivity index (χ0) is 14.5. The van der Waals surface area contributed by atoms with E-state index in [2.05, 4.69) is 71.7 Å². The molecule has 102 valence electrons. The van der Waals surface area contributed by atoms with Crippen LogP contribution in [0, 0.1) is 0 Å². The van der Waals surface area contributed by atoms with Gasteiger partial charge in [-0.2, -0.15) is 0 Å².